The molecule has 2 aromatic rings. The van der Waals surface area contributed by atoms with Crippen molar-refractivity contribution in [2.45, 2.75) is 19.4 Å². The van der Waals surface area contributed by atoms with Gasteiger partial charge in [0.1, 0.15) is 0 Å². The topological polar surface area (TPSA) is 56.7 Å². The van der Waals surface area contributed by atoms with Crippen LogP contribution in [-0.4, -0.2) is 53.2 Å². The number of β-amino-alcohol motifs (C(OH)–C–C–N with tert-alkyl or cyclic N) is 1. The maximum absolute atomic E-state index is 12.5. The Labute approximate surface area is 127 Å². The Kier molecular flexibility index (Phi) is 4.19. The highest BCUT2D eigenvalue weighted by Gasteiger charge is 2.25. The zero-order valence-corrected chi connectivity index (χ0v) is 12.8. The maximum Gasteiger partial charge on any atom is 0.242 e. The van der Waals surface area contributed by atoms with Crippen LogP contribution >= 0.6 is 11.3 Å². The van der Waals surface area contributed by atoms with E-state index in [0.717, 1.165) is 28.3 Å². The molecule has 1 aliphatic rings. The molecular formula is C15H19N3O2S. The van der Waals surface area contributed by atoms with E-state index in [0.29, 0.717) is 19.6 Å². The van der Waals surface area contributed by atoms with E-state index in [2.05, 4.69) is 4.98 Å². The second kappa shape index (κ2) is 6.09. The lowest BCUT2D eigenvalue weighted by molar-refractivity contribution is -0.119. The van der Waals surface area contributed by atoms with Crippen LogP contribution in [0.2, 0.25) is 0 Å². The summed E-state index contributed by atoms with van der Waals surface area (Å²) in [7, 11) is 0. The van der Waals surface area contributed by atoms with Gasteiger partial charge in [-0.25, -0.2) is 4.98 Å². The number of fused-ring (bicyclic) bond motifs is 1. The molecule has 1 aromatic carbocycles. The molecule has 6 heteroatoms. The molecular weight excluding hydrogens is 286 g/mol. The van der Waals surface area contributed by atoms with E-state index in [1.54, 1.807) is 16.2 Å². The van der Waals surface area contributed by atoms with Gasteiger partial charge >= 0.3 is 0 Å². The third-order valence-corrected chi connectivity index (χ3v) is 4.80. The molecule has 1 fully saturated rings. The van der Waals surface area contributed by atoms with Crippen molar-refractivity contribution in [1.82, 2.24) is 9.88 Å². The van der Waals surface area contributed by atoms with Crippen molar-refractivity contribution in [2.75, 3.05) is 31.1 Å². The number of nitrogens with zero attached hydrogens (tertiary/aromatic N) is 3. The molecule has 1 aliphatic heterocycles. The summed E-state index contributed by atoms with van der Waals surface area (Å²) in [6, 6.07) is 7.92. The fourth-order valence-corrected chi connectivity index (χ4v) is 3.67. The molecule has 0 bridgehead atoms. The highest BCUT2D eigenvalue weighted by atomic mass is 32.1. The standard InChI is InChI=1S/C15H19N3O2S/c1-2-18(14(20)10-17-8-7-11(19)9-17)15-16-12-5-3-4-6-13(12)21-15/h3-6,11,19H,2,7-10H2,1H3/t11-/m0/s1. The summed E-state index contributed by atoms with van der Waals surface area (Å²) in [5, 5.41) is 10.3. The van der Waals surface area contributed by atoms with Gasteiger partial charge in [0.05, 0.1) is 22.9 Å². The first-order valence-electron chi connectivity index (χ1n) is 7.23. The molecule has 0 unspecified atom stereocenters. The quantitative estimate of drug-likeness (QED) is 0.934. The van der Waals surface area contributed by atoms with Crippen LogP contribution < -0.4 is 4.90 Å². The highest BCUT2D eigenvalue weighted by molar-refractivity contribution is 7.22. The molecule has 0 radical (unpaired) electrons. The summed E-state index contributed by atoms with van der Waals surface area (Å²) in [4.78, 5) is 20.8. The Balaban J connectivity index is 1.75. The number of thiazole rings is 1. The molecule has 2 heterocycles. The third kappa shape index (κ3) is 3.07. The first-order chi connectivity index (χ1) is 10.2. The van der Waals surface area contributed by atoms with Gasteiger partial charge in [-0.15, -0.1) is 0 Å². The minimum Gasteiger partial charge on any atom is -0.392 e. The number of hydrogen-bond acceptors (Lipinski definition) is 5. The third-order valence-electron chi connectivity index (χ3n) is 3.74. The lowest BCUT2D eigenvalue weighted by atomic mass is 10.3. The zero-order valence-electron chi connectivity index (χ0n) is 12.0. The van der Waals surface area contributed by atoms with E-state index in [4.69, 9.17) is 0 Å². The fraction of sp³-hybridized carbons (Fsp3) is 0.467. The molecule has 0 saturated carbocycles. The number of aromatic nitrogens is 1. The van der Waals surface area contributed by atoms with Crippen LogP contribution in [0.3, 0.4) is 0 Å². The fourth-order valence-electron chi connectivity index (χ4n) is 2.63. The number of anilines is 1. The minimum atomic E-state index is -0.296. The van der Waals surface area contributed by atoms with E-state index >= 15 is 0 Å². The van der Waals surface area contributed by atoms with Crippen molar-refractivity contribution in [1.29, 1.82) is 0 Å². The number of benzene rings is 1. The SMILES string of the molecule is CCN(C(=O)CN1CC[C@H](O)C1)c1nc2ccccc2s1. The maximum atomic E-state index is 12.5. The van der Waals surface area contributed by atoms with Crippen molar-refractivity contribution in [3.63, 3.8) is 0 Å². The summed E-state index contributed by atoms with van der Waals surface area (Å²) in [5.41, 5.74) is 0.931. The molecule has 3 rings (SSSR count). The lowest BCUT2D eigenvalue weighted by Gasteiger charge is -2.21. The summed E-state index contributed by atoms with van der Waals surface area (Å²) in [6.45, 7) is 4.28. The molecule has 1 saturated heterocycles. The van der Waals surface area contributed by atoms with Crippen molar-refractivity contribution in [3.05, 3.63) is 24.3 Å². The highest BCUT2D eigenvalue weighted by Crippen LogP contribution is 2.28. The van der Waals surface area contributed by atoms with Gasteiger partial charge in [-0.1, -0.05) is 23.5 Å². The number of likely N-dealkylation sites (tertiary alicyclic amines) is 1. The van der Waals surface area contributed by atoms with Crippen LogP contribution in [0, 0.1) is 0 Å². The minimum absolute atomic E-state index is 0.0469. The molecule has 1 aromatic heterocycles. The number of aliphatic hydroxyl groups excluding tert-OH is 1. The second-order valence-corrected chi connectivity index (χ2v) is 6.29. The number of aliphatic hydroxyl groups is 1. The molecule has 5 nitrogen and oxygen atoms in total. The van der Waals surface area contributed by atoms with Gasteiger partial charge in [0, 0.05) is 19.6 Å². The second-order valence-electron chi connectivity index (χ2n) is 5.28. The summed E-state index contributed by atoms with van der Waals surface area (Å²) in [5.74, 6) is 0.0469. The smallest absolute Gasteiger partial charge is 0.242 e. The average Bonchev–Trinajstić information content (AvgIpc) is 3.05. The molecule has 0 spiro atoms. The number of rotatable bonds is 4. The summed E-state index contributed by atoms with van der Waals surface area (Å²) >= 11 is 1.54. The van der Waals surface area contributed by atoms with Crippen LogP contribution in [-0.2, 0) is 4.79 Å². The largest absolute Gasteiger partial charge is 0.392 e. The number of carbonyl (C=O) groups excluding carboxylic acids is 1. The molecule has 1 N–H and O–H groups in total. The van der Waals surface area contributed by atoms with Gasteiger partial charge in [-0.2, -0.15) is 0 Å². The lowest BCUT2D eigenvalue weighted by Crippen LogP contribution is -2.39. The Morgan fingerprint density at radius 2 is 2.33 bits per heavy atom. The number of amides is 1. The summed E-state index contributed by atoms with van der Waals surface area (Å²) < 4.78 is 1.09. The predicted molar refractivity (Wildman–Crippen MR) is 84.7 cm³/mol. The Bertz CT molecular complexity index is 610. The number of carbonyl (C=O) groups is 1. The van der Waals surface area contributed by atoms with E-state index in [9.17, 15) is 9.90 Å². The summed E-state index contributed by atoms with van der Waals surface area (Å²) in [6.07, 6.45) is 0.455. The van der Waals surface area contributed by atoms with Crippen molar-refractivity contribution >= 4 is 32.6 Å². The zero-order chi connectivity index (χ0) is 14.8. The van der Waals surface area contributed by atoms with E-state index in [1.807, 2.05) is 36.1 Å². The van der Waals surface area contributed by atoms with E-state index in [-0.39, 0.29) is 12.0 Å². The predicted octanol–water partition coefficient (Wildman–Crippen LogP) is 1.72. The Morgan fingerprint density at radius 1 is 1.52 bits per heavy atom. The van der Waals surface area contributed by atoms with Gasteiger partial charge in [-0.05, 0) is 25.5 Å². The first-order valence-corrected chi connectivity index (χ1v) is 8.05. The van der Waals surface area contributed by atoms with Gasteiger partial charge in [0.15, 0.2) is 5.13 Å². The Morgan fingerprint density at radius 3 is 3.00 bits per heavy atom. The monoisotopic (exact) mass is 305 g/mol. The number of hydrogen-bond donors (Lipinski definition) is 1. The van der Waals surface area contributed by atoms with E-state index < -0.39 is 0 Å². The number of likely N-dealkylation sites (N-methyl/N-ethyl adjacent to an activating group) is 1. The van der Waals surface area contributed by atoms with E-state index in [1.165, 1.54) is 0 Å². The van der Waals surface area contributed by atoms with Gasteiger partial charge < -0.3 is 5.11 Å². The molecule has 112 valence electrons. The molecule has 1 atom stereocenters. The van der Waals surface area contributed by atoms with Crippen LogP contribution in [0.15, 0.2) is 24.3 Å². The van der Waals surface area contributed by atoms with Crippen LogP contribution in [0.1, 0.15) is 13.3 Å². The molecule has 1 amide bonds. The van der Waals surface area contributed by atoms with Crippen LogP contribution in [0.4, 0.5) is 5.13 Å². The average molecular weight is 305 g/mol. The molecule has 0 aliphatic carbocycles. The van der Waals surface area contributed by atoms with Crippen molar-refractivity contribution in [2.24, 2.45) is 0 Å². The van der Waals surface area contributed by atoms with Crippen LogP contribution in [0.25, 0.3) is 10.2 Å². The number of para-hydroxylation sites is 1. The normalized spacial score (nSPS) is 19.2. The van der Waals surface area contributed by atoms with Crippen LogP contribution in [0.5, 0.6) is 0 Å². The van der Waals surface area contributed by atoms with Gasteiger partial charge in [0.2, 0.25) is 5.91 Å². The first kappa shape index (κ1) is 14.4. The van der Waals surface area contributed by atoms with Crippen molar-refractivity contribution in [3.8, 4) is 0 Å². The Hall–Kier alpha value is -1.50. The van der Waals surface area contributed by atoms with Gasteiger partial charge in [0.25, 0.3) is 0 Å². The van der Waals surface area contributed by atoms with Crippen molar-refractivity contribution < 1.29 is 9.90 Å². The van der Waals surface area contributed by atoms with Gasteiger partial charge in [-0.3, -0.25) is 14.6 Å². The molecule has 21 heavy (non-hydrogen) atoms.